The lowest BCUT2D eigenvalue weighted by molar-refractivity contribution is 0.542. The third kappa shape index (κ3) is 4.73. The summed E-state index contributed by atoms with van der Waals surface area (Å²) >= 11 is 0. The van der Waals surface area contributed by atoms with Crippen LogP contribution in [0.25, 0.3) is 0 Å². The normalized spacial score (nSPS) is 23.2. The fourth-order valence-corrected chi connectivity index (χ4v) is 4.81. The van der Waals surface area contributed by atoms with E-state index in [1.807, 2.05) is 31.2 Å². The summed E-state index contributed by atoms with van der Waals surface area (Å²) < 4.78 is 24.2. The molecule has 2 N–H and O–H groups in total. The number of aliphatic imine (C=N–C) groups is 1. The minimum Gasteiger partial charge on any atom is -0.323 e. The van der Waals surface area contributed by atoms with Crippen molar-refractivity contribution in [1.29, 1.82) is 0 Å². The van der Waals surface area contributed by atoms with E-state index in [1.165, 1.54) is 12.8 Å². The zero-order valence-electron chi connectivity index (χ0n) is 15.1. The van der Waals surface area contributed by atoms with Crippen LogP contribution in [0.5, 0.6) is 0 Å². The fourth-order valence-electron chi connectivity index (χ4n) is 3.04. The number of nitrogens with two attached hydrogens (primary N) is 1. The van der Waals surface area contributed by atoms with E-state index < -0.39 is 9.84 Å². The van der Waals surface area contributed by atoms with Gasteiger partial charge in [-0.25, -0.2) is 8.42 Å². The van der Waals surface area contributed by atoms with Crippen LogP contribution in [-0.4, -0.2) is 37.4 Å². The van der Waals surface area contributed by atoms with E-state index in [2.05, 4.69) is 21.9 Å². The second kappa shape index (κ2) is 8.05. The summed E-state index contributed by atoms with van der Waals surface area (Å²) in [4.78, 5) is 4.48. The van der Waals surface area contributed by atoms with Gasteiger partial charge in [0.2, 0.25) is 0 Å². The predicted molar refractivity (Wildman–Crippen MR) is 106 cm³/mol. The molecule has 6 heteroatoms. The molecule has 0 aromatic heterocycles. The van der Waals surface area contributed by atoms with Gasteiger partial charge in [0, 0.05) is 17.0 Å². The molecule has 1 aromatic rings. The molecule has 1 unspecified atom stereocenters. The Morgan fingerprint density at radius 1 is 1.19 bits per heavy atom. The minimum atomic E-state index is -3.02. The van der Waals surface area contributed by atoms with Gasteiger partial charge in [-0.15, -0.1) is 0 Å². The molecule has 2 aliphatic rings. The highest BCUT2D eigenvalue weighted by molar-refractivity contribution is 7.92. The van der Waals surface area contributed by atoms with Crippen molar-refractivity contribution in [2.45, 2.75) is 44.3 Å². The number of hydrogen-bond acceptors (Lipinski definition) is 5. The van der Waals surface area contributed by atoms with Crippen LogP contribution in [0.15, 0.2) is 34.4 Å². The molecule has 1 saturated heterocycles. The SMILES string of the molecule is CC(=NCC1CCCCS1(=O)=O)/C(=N\N)c1ccc(C#CC2CC2)cc1. The number of hydrazone groups is 1. The number of sulfone groups is 1. The van der Waals surface area contributed by atoms with Crippen molar-refractivity contribution < 1.29 is 8.42 Å². The Hall–Kier alpha value is -2.13. The average Bonchev–Trinajstić information content (AvgIpc) is 3.45. The van der Waals surface area contributed by atoms with Crippen LogP contribution in [-0.2, 0) is 9.84 Å². The molecule has 138 valence electrons. The molecule has 1 atom stereocenters. The second-order valence-electron chi connectivity index (χ2n) is 7.01. The highest BCUT2D eigenvalue weighted by atomic mass is 32.2. The van der Waals surface area contributed by atoms with Crippen LogP contribution in [0.2, 0.25) is 0 Å². The van der Waals surface area contributed by atoms with Crippen LogP contribution < -0.4 is 5.84 Å². The van der Waals surface area contributed by atoms with Crippen molar-refractivity contribution in [3.63, 3.8) is 0 Å². The van der Waals surface area contributed by atoms with Crippen molar-refractivity contribution in [1.82, 2.24) is 0 Å². The number of benzene rings is 1. The third-order valence-electron chi connectivity index (χ3n) is 4.87. The van der Waals surface area contributed by atoms with Gasteiger partial charge in [-0.1, -0.05) is 30.4 Å². The van der Waals surface area contributed by atoms with E-state index in [-0.39, 0.29) is 17.5 Å². The number of nitrogens with zero attached hydrogens (tertiary/aromatic N) is 2. The van der Waals surface area contributed by atoms with Gasteiger partial charge in [0.05, 0.1) is 23.3 Å². The van der Waals surface area contributed by atoms with Crippen molar-refractivity contribution in [2.24, 2.45) is 21.9 Å². The summed E-state index contributed by atoms with van der Waals surface area (Å²) in [5, 5.41) is 3.49. The lowest BCUT2D eigenvalue weighted by atomic mass is 10.0. The fraction of sp³-hybridized carbons (Fsp3) is 0.500. The van der Waals surface area contributed by atoms with Gasteiger partial charge >= 0.3 is 0 Å². The summed E-state index contributed by atoms with van der Waals surface area (Å²) in [6.45, 7) is 2.10. The largest absolute Gasteiger partial charge is 0.323 e. The maximum absolute atomic E-state index is 12.1. The molecule has 2 fully saturated rings. The van der Waals surface area contributed by atoms with Crippen molar-refractivity contribution in [2.75, 3.05) is 12.3 Å². The van der Waals surface area contributed by atoms with E-state index >= 15 is 0 Å². The highest BCUT2D eigenvalue weighted by Gasteiger charge is 2.28. The third-order valence-corrected chi connectivity index (χ3v) is 7.13. The molecule has 1 saturated carbocycles. The average molecular weight is 372 g/mol. The zero-order chi connectivity index (χ0) is 18.6. The van der Waals surface area contributed by atoms with E-state index in [9.17, 15) is 8.42 Å². The van der Waals surface area contributed by atoms with Crippen LogP contribution >= 0.6 is 0 Å². The molecule has 1 aliphatic heterocycles. The van der Waals surface area contributed by atoms with Gasteiger partial charge in [0.1, 0.15) is 5.71 Å². The first-order valence-corrected chi connectivity index (χ1v) is 10.8. The Morgan fingerprint density at radius 2 is 1.92 bits per heavy atom. The van der Waals surface area contributed by atoms with Gasteiger partial charge in [-0.2, -0.15) is 5.10 Å². The quantitative estimate of drug-likeness (QED) is 0.382. The molecule has 0 spiro atoms. The van der Waals surface area contributed by atoms with Gasteiger partial charge < -0.3 is 5.84 Å². The molecule has 0 bridgehead atoms. The Morgan fingerprint density at radius 3 is 2.54 bits per heavy atom. The van der Waals surface area contributed by atoms with E-state index in [1.54, 1.807) is 0 Å². The standard InChI is InChI=1S/C20H25N3O2S/c1-15(22-14-19-4-2-3-13-26(19,24)25)20(23-21)18-11-9-17(10-12-18)8-7-16-5-6-16/h9-12,16,19H,2-6,13-14,21H2,1H3/b22-15?,23-20+. The monoisotopic (exact) mass is 371 g/mol. The zero-order valence-corrected chi connectivity index (χ0v) is 15.9. The Bertz CT molecular complexity index is 870. The first-order chi connectivity index (χ1) is 12.5. The number of rotatable bonds is 4. The van der Waals surface area contributed by atoms with Crippen molar-refractivity contribution >= 4 is 21.3 Å². The van der Waals surface area contributed by atoms with E-state index in [4.69, 9.17) is 5.84 Å². The van der Waals surface area contributed by atoms with Gasteiger partial charge in [-0.05, 0) is 44.7 Å². The summed E-state index contributed by atoms with van der Waals surface area (Å²) in [5.74, 6) is 12.8. The Labute approximate surface area is 155 Å². The summed E-state index contributed by atoms with van der Waals surface area (Å²) in [5.41, 5.74) is 3.07. The molecule has 1 heterocycles. The minimum absolute atomic E-state index is 0.271. The van der Waals surface area contributed by atoms with Gasteiger partial charge in [0.25, 0.3) is 0 Å². The first kappa shape index (κ1) is 18.7. The second-order valence-corrected chi connectivity index (χ2v) is 9.41. The molecule has 3 rings (SSSR count). The maximum atomic E-state index is 12.1. The lowest BCUT2D eigenvalue weighted by Gasteiger charge is -2.20. The smallest absolute Gasteiger partial charge is 0.154 e. The van der Waals surface area contributed by atoms with Gasteiger partial charge in [-0.3, -0.25) is 4.99 Å². The Kier molecular flexibility index (Phi) is 5.77. The van der Waals surface area contributed by atoms with Crippen LogP contribution in [0.1, 0.15) is 50.2 Å². The molecule has 1 aliphatic carbocycles. The summed E-state index contributed by atoms with van der Waals surface area (Å²) in [6.07, 6.45) is 4.80. The van der Waals surface area contributed by atoms with Crippen LogP contribution in [0.3, 0.4) is 0 Å². The van der Waals surface area contributed by atoms with Crippen LogP contribution in [0, 0.1) is 17.8 Å². The predicted octanol–water partition coefficient (Wildman–Crippen LogP) is 2.54. The summed E-state index contributed by atoms with van der Waals surface area (Å²) in [6, 6.07) is 7.77. The lowest BCUT2D eigenvalue weighted by Crippen LogP contribution is -2.31. The highest BCUT2D eigenvalue weighted by Crippen LogP contribution is 2.27. The van der Waals surface area contributed by atoms with E-state index in [0.717, 1.165) is 24.0 Å². The Balaban J connectivity index is 1.70. The molecule has 1 aromatic carbocycles. The van der Waals surface area contributed by atoms with Crippen molar-refractivity contribution in [3.8, 4) is 11.8 Å². The summed E-state index contributed by atoms with van der Waals surface area (Å²) in [7, 11) is -3.02. The molecule has 0 amide bonds. The molecule has 26 heavy (non-hydrogen) atoms. The van der Waals surface area contributed by atoms with E-state index in [0.29, 0.717) is 23.8 Å². The molecule has 0 radical (unpaired) electrons. The molecule has 5 nitrogen and oxygen atoms in total. The number of hydrogen-bond donors (Lipinski definition) is 1. The van der Waals surface area contributed by atoms with Gasteiger partial charge in [0.15, 0.2) is 9.84 Å². The maximum Gasteiger partial charge on any atom is 0.154 e. The topological polar surface area (TPSA) is 84.9 Å². The van der Waals surface area contributed by atoms with Crippen molar-refractivity contribution in [3.05, 3.63) is 35.4 Å². The van der Waals surface area contributed by atoms with Crippen LogP contribution in [0.4, 0.5) is 0 Å². The first-order valence-electron chi connectivity index (χ1n) is 9.12. The molecular weight excluding hydrogens is 346 g/mol. The molecular formula is C20H25N3O2S.